The molecule has 0 radical (unpaired) electrons. The Hall–Kier alpha value is -1.39. The van der Waals surface area contributed by atoms with E-state index in [0.717, 1.165) is 6.42 Å². The van der Waals surface area contributed by atoms with Crippen LogP contribution in [0.4, 0.5) is 0 Å². The minimum absolute atomic E-state index is 0.0491. The van der Waals surface area contributed by atoms with Crippen molar-refractivity contribution in [1.82, 2.24) is 15.5 Å². The van der Waals surface area contributed by atoms with Gasteiger partial charge in [0.15, 0.2) is 0 Å². The molecule has 0 aliphatic heterocycles. The van der Waals surface area contributed by atoms with E-state index >= 15 is 0 Å². The van der Waals surface area contributed by atoms with Gasteiger partial charge in [-0.05, 0) is 33.0 Å². The first kappa shape index (κ1) is 16.7. The summed E-state index contributed by atoms with van der Waals surface area (Å²) in [7, 11) is 4.06. The highest BCUT2D eigenvalue weighted by Gasteiger charge is 2.14. The number of carbonyl (C=O) groups excluding carboxylic acids is 1. The monoisotopic (exact) mass is 277 g/mol. The molecule has 4 heteroatoms. The minimum atomic E-state index is 0.0491. The van der Waals surface area contributed by atoms with E-state index < -0.39 is 0 Å². The van der Waals surface area contributed by atoms with Crippen LogP contribution >= 0.6 is 0 Å². The van der Waals surface area contributed by atoms with Crippen LogP contribution in [0.1, 0.15) is 31.9 Å². The van der Waals surface area contributed by atoms with Crippen LogP contribution in [-0.4, -0.2) is 44.0 Å². The second-order valence-electron chi connectivity index (χ2n) is 5.38. The van der Waals surface area contributed by atoms with Gasteiger partial charge in [0.05, 0.1) is 12.6 Å². The number of nitrogens with zero attached hydrogens (tertiary/aromatic N) is 1. The Labute approximate surface area is 122 Å². The number of hydrogen-bond acceptors (Lipinski definition) is 3. The van der Waals surface area contributed by atoms with Gasteiger partial charge in [-0.15, -0.1) is 0 Å². The van der Waals surface area contributed by atoms with Gasteiger partial charge in [0.25, 0.3) is 0 Å². The summed E-state index contributed by atoms with van der Waals surface area (Å²) >= 11 is 0. The first-order chi connectivity index (χ1) is 9.54. The van der Waals surface area contributed by atoms with Crippen LogP contribution in [0.15, 0.2) is 30.3 Å². The van der Waals surface area contributed by atoms with Gasteiger partial charge in [0, 0.05) is 12.6 Å². The maximum atomic E-state index is 11.8. The van der Waals surface area contributed by atoms with Crippen LogP contribution in [0.25, 0.3) is 0 Å². The first-order valence-corrected chi connectivity index (χ1v) is 7.26. The molecule has 2 atom stereocenters. The highest BCUT2D eigenvalue weighted by molar-refractivity contribution is 5.78. The van der Waals surface area contributed by atoms with Gasteiger partial charge in [-0.1, -0.05) is 37.3 Å². The summed E-state index contributed by atoms with van der Waals surface area (Å²) in [5, 5.41) is 6.20. The van der Waals surface area contributed by atoms with Crippen LogP contribution in [0, 0.1) is 0 Å². The van der Waals surface area contributed by atoms with Crippen molar-refractivity contribution < 1.29 is 4.79 Å². The molecule has 1 rings (SSSR count). The zero-order chi connectivity index (χ0) is 15.0. The van der Waals surface area contributed by atoms with Gasteiger partial charge >= 0.3 is 0 Å². The molecule has 2 N–H and O–H groups in total. The largest absolute Gasteiger partial charge is 0.353 e. The number of amides is 1. The lowest BCUT2D eigenvalue weighted by Crippen LogP contribution is -2.41. The Bertz CT molecular complexity index is 392. The van der Waals surface area contributed by atoms with E-state index in [9.17, 15) is 4.79 Å². The Balaban J connectivity index is 2.46. The number of carbonyl (C=O) groups is 1. The molecule has 0 aliphatic rings. The van der Waals surface area contributed by atoms with E-state index in [0.29, 0.717) is 19.1 Å². The van der Waals surface area contributed by atoms with Gasteiger partial charge in [-0.25, -0.2) is 0 Å². The molecule has 0 aliphatic carbocycles. The molecule has 1 aromatic rings. The number of likely N-dealkylation sites (N-methyl/N-ethyl adjacent to an activating group) is 1. The average Bonchev–Trinajstić information content (AvgIpc) is 2.45. The summed E-state index contributed by atoms with van der Waals surface area (Å²) in [6, 6.07) is 10.8. The first-order valence-electron chi connectivity index (χ1n) is 7.26. The predicted octanol–water partition coefficient (Wildman–Crippen LogP) is 1.79. The number of benzene rings is 1. The summed E-state index contributed by atoms with van der Waals surface area (Å²) in [4.78, 5) is 14.0. The molecule has 20 heavy (non-hydrogen) atoms. The topological polar surface area (TPSA) is 44.4 Å². The van der Waals surface area contributed by atoms with Gasteiger partial charge in [-0.2, -0.15) is 0 Å². The molecule has 0 bridgehead atoms. The predicted molar refractivity (Wildman–Crippen MR) is 83.6 cm³/mol. The zero-order valence-electron chi connectivity index (χ0n) is 13.0. The molecule has 0 spiro atoms. The van der Waals surface area contributed by atoms with Crippen molar-refractivity contribution in [2.45, 2.75) is 32.4 Å². The fraction of sp³-hybridized carbons (Fsp3) is 0.562. The molecule has 4 nitrogen and oxygen atoms in total. The second-order valence-corrected chi connectivity index (χ2v) is 5.38. The lowest BCUT2D eigenvalue weighted by molar-refractivity contribution is -0.120. The van der Waals surface area contributed by atoms with Crippen LogP contribution < -0.4 is 10.6 Å². The maximum absolute atomic E-state index is 11.8. The van der Waals surface area contributed by atoms with Gasteiger partial charge in [0.1, 0.15) is 0 Å². The van der Waals surface area contributed by atoms with Crippen LogP contribution in [0.2, 0.25) is 0 Å². The third-order valence-corrected chi connectivity index (χ3v) is 3.52. The van der Waals surface area contributed by atoms with E-state index in [1.807, 2.05) is 32.3 Å². The Morgan fingerprint density at radius 1 is 1.25 bits per heavy atom. The molecule has 112 valence electrons. The SMILES string of the molecule is CCC(C)NCC(=O)NCC(c1ccccc1)N(C)C. The molecule has 1 amide bonds. The van der Waals surface area contributed by atoms with Crippen molar-refractivity contribution in [3.8, 4) is 0 Å². The fourth-order valence-electron chi connectivity index (χ4n) is 1.96. The van der Waals surface area contributed by atoms with E-state index in [-0.39, 0.29) is 11.9 Å². The number of rotatable bonds is 8. The van der Waals surface area contributed by atoms with Crippen molar-refractivity contribution in [2.75, 3.05) is 27.2 Å². The van der Waals surface area contributed by atoms with Gasteiger partial charge in [-0.3, -0.25) is 4.79 Å². The third-order valence-electron chi connectivity index (χ3n) is 3.52. The number of nitrogens with one attached hydrogen (secondary N) is 2. The highest BCUT2D eigenvalue weighted by atomic mass is 16.1. The third kappa shape index (κ3) is 5.72. The van der Waals surface area contributed by atoms with Crippen LogP contribution in [0.5, 0.6) is 0 Å². The molecular weight excluding hydrogens is 250 g/mol. The zero-order valence-corrected chi connectivity index (χ0v) is 13.0. The second kappa shape index (κ2) is 8.72. The molecule has 0 heterocycles. The van der Waals surface area contributed by atoms with Crippen molar-refractivity contribution in [3.05, 3.63) is 35.9 Å². The van der Waals surface area contributed by atoms with Crippen molar-refractivity contribution in [3.63, 3.8) is 0 Å². The van der Waals surface area contributed by atoms with Crippen molar-refractivity contribution in [2.24, 2.45) is 0 Å². The smallest absolute Gasteiger partial charge is 0.234 e. The summed E-state index contributed by atoms with van der Waals surface area (Å²) in [6.07, 6.45) is 1.03. The Morgan fingerprint density at radius 2 is 1.90 bits per heavy atom. The van der Waals surface area contributed by atoms with Crippen molar-refractivity contribution >= 4 is 5.91 Å². The van der Waals surface area contributed by atoms with E-state index in [4.69, 9.17) is 0 Å². The Kier molecular flexibility index (Phi) is 7.26. The standard InChI is InChI=1S/C16H27N3O/c1-5-13(2)17-12-16(20)18-11-15(19(3)4)14-9-7-6-8-10-14/h6-10,13,15,17H,5,11-12H2,1-4H3,(H,18,20). The summed E-state index contributed by atoms with van der Waals surface area (Å²) < 4.78 is 0. The van der Waals surface area contributed by atoms with Crippen LogP contribution in [-0.2, 0) is 4.79 Å². The quantitative estimate of drug-likeness (QED) is 0.761. The fourth-order valence-corrected chi connectivity index (χ4v) is 1.96. The summed E-state index contributed by atoms with van der Waals surface area (Å²) in [5.41, 5.74) is 1.22. The van der Waals surface area contributed by atoms with E-state index in [1.165, 1.54) is 5.56 Å². The maximum Gasteiger partial charge on any atom is 0.234 e. The normalized spacial score (nSPS) is 14.1. The molecule has 0 aromatic heterocycles. The average molecular weight is 277 g/mol. The van der Waals surface area contributed by atoms with E-state index in [1.54, 1.807) is 0 Å². The molecule has 2 unspecified atom stereocenters. The number of hydrogen-bond donors (Lipinski definition) is 2. The molecule has 1 aromatic carbocycles. The molecule has 0 saturated heterocycles. The molecule has 0 fully saturated rings. The summed E-state index contributed by atoms with van der Waals surface area (Å²) in [5.74, 6) is 0.0491. The van der Waals surface area contributed by atoms with Gasteiger partial charge < -0.3 is 15.5 Å². The van der Waals surface area contributed by atoms with Crippen LogP contribution in [0.3, 0.4) is 0 Å². The van der Waals surface area contributed by atoms with Crippen molar-refractivity contribution in [1.29, 1.82) is 0 Å². The molecular formula is C16H27N3O. The highest BCUT2D eigenvalue weighted by Crippen LogP contribution is 2.16. The lowest BCUT2D eigenvalue weighted by atomic mass is 10.1. The van der Waals surface area contributed by atoms with Gasteiger partial charge in [0.2, 0.25) is 5.91 Å². The Morgan fingerprint density at radius 3 is 2.45 bits per heavy atom. The minimum Gasteiger partial charge on any atom is -0.353 e. The summed E-state index contributed by atoms with van der Waals surface area (Å²) in [6.45, 7) is 5.19. The van der Waals surface area contributed by atoms with E-state index in [2.05, 4.69) is 41.5 Å². The molecule has 0 saturated carbocycles. The lowest BCUT2D eigenvalue weighted by Gasteiger charge is -2.25.